The number of esters is 1. The molecule has 7 heteroatoms. The molecule has 1 aromatic carbocycles. The number of alkyl halides is 1. The lowest BCUT2D eigenvalue weighted by atomic mass is 9.46. The molecule has 4 aliphatic carbocycles. The molecule has 0 aromatic heterocycles. The van der Waals surface area contributed by atoms with Crippen molar-refractivity contribution < 1.29 is 29.3 Å². The molecule has 8 atom stereocenters. The van der Waals surface area contributed by atoms with Crippen molar-refractivity contribution in [3.63, 3.8) is 0 Å². The van der Waals surface area contributed by atoms with Gasteiger partial charge in [-0.2, -0.15) is 0 Å². The van der Waals surface area contributed by atoms with E-state index in [-0.39, 0.29) is 30.0 Å². The minimum atomic E-state index is -1.57. The average molecular weight is 557 g/mol. The number of allylic oxidation sites excluding steroid dienone is 4. The first-order valence-electron chi connectivity index (χ1n) is 12.7. The maximum absolute atomic E-state index is 13.6. The molecule has 0 heterocycles. The van der Waals surface area contributed by atoms with Gasteiger partial charge in [0.2, 0.25) is 5.78 Å². The van der Waals surface area contributed by atoms with Gasteiger partial charge in [0.05, 0.1) is 16.0 Å². The van der Waals surface area contributed by atoms with E-state index < -0.39 is 45.2 Å². The lowest BCUT2D eigenvalue weighted by molar-refractivity contribution is -0.179. The highest BCUT2D eigenvalue weighted by Gasteiger charge is 2.76. The second kappa shape index (κ2) is 8.47. The fourth-order valence-electron chi connectivity index (χ4n) is 8.30. The molecule has 192 valence electrons. The van der Waals surface area contributed by atoms with Crippen LogP contribution in [0, 0.1) is 28.6 Å². The largest absolute Gasteiger partial charge is 0.446 e. The predicted molar refractivity (Wildman–Crippen MR) is 137 cm³/mol. The van der Waals surface area contributed by atoms with Crippen molar-refractivity contribution in [1.29, 1.82) is 0 Å². The highest BCUT2D eigenvalue weighted by Crippen LogP contribution is 2.72. The van der Waals surface area contributed by atoms with Crippen LogP contribution >= 0.6 is 15.9 Å². The Hall–Kier alpha value is -2.09. The third-order valence-electron chi connectivity index (χ3n) is 10.0. The van der Waals surface area contributed by atoms with Gasteiger partial charge in [-0.1, -0.05) is 66.5 Å². The van der Waals surface area contributed by atoms with Crippen LogP contribution in [0.4, 0.5) is 0 Å². The Morgan fingerprint density at radius 3 is 2.53 bits per heavy atom. The lowest BCUT2D eigenvalue weighted by Crippen LogP contribution is -2.69. The number of carbonyl (C=O) groups is 3. The normalized spacial score (nSPS) is 43.2. The monoisotopic (exact) mass is 556 g/mol. The van der Waals surface area contributed by atoms with E-state index in [4.69, 9.17) is 4.74 Å². The zero-order valence-electron chi connectivity index (χ0n) is 20.9. The summed E-state index contributed by atoms with van der Waals surface area (Å²) in [4.78, 5) is 39.0. The zero-order valence-corrected chi connectivity index (χ0v) is 22.5. The van der Waals surface area contributed by atoms with Crippen molar-refractivity contribution in [2.75, 3.05) is 6.61 Å². The van der Waals surface area contributed by atoms with Gasteiger partial charge in [0.15, 0.2) is 11.4 Å². The number of aliphatic hydroxyl groups is 2. The summed E-state index contributed by atoms with van der Waals surface area (Å²) in [5.74, 6) is -1.62. The maximum atomic E-state index is 13.6. The van der Waals surface area contributed by atoms with Crippen LogP contribution in [0.5, 0.6) is 0 Å². The van der Waals surface area contributed by atoms with E-state index in [9.17, 15) is 24.6 Å². The van der Waals surface area contributed by atoms with E-state index in [0.29, 0.717) is 18.4 Å². The second-order valence-corrected chi connectivity index (χ2v) is 12.8. The van der Waals surface area contributed by atoms with E-state index in [1.165, 1.54) is 0 Å². The van der Waals surface area contributed by atoms with Gasteiger partial charge >= 0.3 is 5.97 Å². The van der Waals surface area contributed by atoms with Gasteiger partial charge in [0, 0.05) is 16.7 Å². The summed E-state index contributed by atoms with van der Waals surface area (Å²) in [5.41, 5.74) is -1.68. The number of hydrogen-bond acceptors (Lipinski definition) is 6. The fraction of sp³-hybridized carbons (Fsp3) is 0.552. The van der Waals surface area contributed by atoms with E-state index in [0.717, 1.165) is 12.0 Å². The summed E-state index contributed by atoms with van der Waals surface area (Å²) in [5, 5.41) is 21.9. The van der Waals surface area contributed by atoms with Gasteiger partial charge in [0.25, 0.3) is 0 Å². The molecule has 3 saturated carbocycles. The van der Waals surface area contributed by atoms with Crippen LogP contribution in [0.3, 0.4) is 0 Å². The third-order valence-corrected chi connectivity index (χ3v) is 11.9. The summed E-state index contributed by atoms with van der Waals surface area (Å²) in [6, 6.07) is 8.56. The van der Waals surface area contributed by atoms with Crippen molar-refractivity contribution in [3.8, 4) is 0 Å². The maximum Gasteiger partial charge on any atom is 0.339 e. The molecule has 3 fully saturated rings. The zero-order chi connectivity index (χ0) is 26.1. The Balaban J connectivity index is 1.61. The second-order valence-electron chi connectivity index (χ2n) is 11.5. The van der Waals surface area contributed by atoms with Crippen LogP contribution in [0.15, 0.2) is 54.1 Å². The molecule has 2 N–H and O–H groups in total. The Morgan fingerprint density at radius 1 is 1.17 bits per heavy atom. The van der Waals surface area contributed by atoms with Gasteiger partial charge in [0.1, 0.15) is 6.61 Å². The number of aliphatic hydroxyl groups excluding tert-OH is 2. The summed E-state index contributed by atoms with van der Waals surface area (Å²) in [6.07, 6.45) is 6.57. The number of hydrogen-bond donors (Lipinski definition) is 2. The molecule has 2 unspecified atom stereocenters. The molecule has 36 heavy (non-hydrogen) atoms. The van der Waals surface area contributed by atoms with Crippen LogP contribution in [0.1, 0.15) is 56.8 Å². The van der Waals surface area contributed by atoms with E-state index >= 15 is 0 Å². The van der Waals surface area contributed by atoms with Crippen LogP contribution in [-0.4, -0.2) is 50.4 Å². The number of Topliss-reactive ketones (excluding diaryl/α,β-unsaturated/α-hetero) is 1. The molecule has 0 aliphatic heterocycles. The van der Waals surface area contributed by atoms with Crippen LogP contribution in [0.2, 0.25) is 0 Å². The molecule has 6 nitrogen and oxygen atoms in total. The molecule has 1 aromatic rings. The minimum Gasteiger partial charge on any atom is -0.446 e. The number of benzene rings is 1. The van der Waals surface area contributed by atoms with Gasteiger partial charge in [-0.15, -0.1) is 0 Å². The molecule has 0 amide bonds. The standard InChI is InChI=1S/C29H33BrO6/c1-17-13-22-21-10-9-19-14-20(32)11-12-26(19,2)28(21,30)23(33)15-27(22,3)29(17,24(34)16-31)36-25(35)18-7-5-4-6-8-18/h4-8,11-12,14,17,21-23,31,33H,9-10,13,15-16H2,1-3H3/t17?,21-,22-,23?,26-,27-,28-,29-/m0/s1. The first-order valence-corrected chi connectivity index (χ1v) is 13.5. The highest BCUT2D eigenvalue weighted by atomic mass is 79.9. The summed E-state index contributed by atoms with van der Waals surface area (Å²) in [7, 11) is 0. The Bertz CT molecular complexity index is 1180. The number of rotatable bonds is 4. The average Bonchev–Trinajstić information content (AvgIpc) is 3.07. The Labute approximate surface area is 219 Å². The molecular formula is C29H33BrO6. The van der Waals surface area contributed by atoms with Crippen LogP contribution in [0.25, 0.3) is 0 Å². The summed E-state index contributed by atoms with van der Waals surface area (Å²) >= 11 is 4.02. The van der Waals surface area contributed by atoms with Crippen LogP contribution in [-0.2, 0) is 14.3 Å². The molecule has 4 aliphatic rings. The predicted octanol–water partition coefficient (Wildman–Crippen LogP) is 4.19. The van der Waals surface area contributed by atoms with Crippen molar-refractivity contribution in [2.24, 2.45) is 28.6 Å². The van der Waals surface area contributed by atoms with Crippen LogP contribution < -0.4 is 0 Å². The molecule has 0 spiro atoms. The van der Waals surface area contributed by atoms with Gasteiger partial charge in [-0.05, 0) is 61.8 Å². The number of carbonyl (C=O) groups excluding carboxylic acids is 3. The van der Waals surface area contributed by atoms with Gasteiger partial charge < -0.3 is 14.9 Å². The first kappa shape index (κ1) is 25.6. The quantitative estimate of drug-likeness (QED) is 0.426. The first-order chi connectivity index (χ1) is 17.0. The third kappa shape index (κ3) is 3.12. The number of ether oxygens (including phenoxy) is 1. The van der Waals surface area contributed by atoms with Crippen molar-refractivity contribution in [1.82, 2.24) is 0 Å². The molecule has 0 radical (unpaired) electrons. The van der Waals surface area contributed by atoms with Gasteiger partial charge in [-0.25, -0.2) is 4.79 Å². The molecule has 0 saturated heterocycles. The highest BCUT2D eigenvalue weighted by molar-refractivity contribution is 9.10. The van der Waals surface area contributed by atoms with Crippen molar-refractivity contribution in [3.05, 3.63) is 59.7 Å². The summed E-state index contributed by atoms with van der Waals surface area (Å²) in [6.45, 7) is 5.17. The van der Waals surface area contributed by atoms with Crippen molar-refractivity contribution in [2.45, 2.75) is 62.5 Å². The minimum absolute atomic E-state index is 0.0398. The lowest BCUT2D eigenvalue weighted by Gasteiger charge is -2.64. The van der Waals surface area contributed by atoms with Crippen molar-refractivity contribution >= 4 is 33.5 Å². The smallest absolute Gasteiger partial charge is 0.339 e. The van der Waals surface area contributed by atoms with E-state index in [2.05, 4.69) is 22.9 Å². The number of fused-ring (bicyclic) bond motifs is 5. The molecular weight excluding hydrogens is 524 g/mol. The van der Waals surface area contributed by atoms with E-state index in [1.807, 2.05) is 19.9 Å². The fourth-order valence-corrected chi connectivity index (χ4v) is 9.39. The topological polar surface area (TPSA) is 101 Å². The van der Waals surface area contributed by atoms with E-state index in [1.54, 1.807) is 42.5 Å². The van der Waals surface area contributed by atoms with Gasteiger partial charge in [-0.3, -0.25) is 9.59 Å². The molecule has 5 rings (SSSR count). The Morgan fingerprint density at radius 2 is 1.86 bits per heavy atom. The number of halogens is 1. The Kier molecular flexibility index (Phi) is 6.01. The summed E-state index contributed by atoms with van der Waals surface area (Å²) < 4.78 is 5.44. The number of ketones is 2. The molecule has 0 bridgehead atoms. The SMILES string of the molecule is CC1C[C@H]2[C@@H]3CCC4=CC(=O)C=C[C@]4(C)[C@@]3(Br)C(O)C[C@]2(C)[C@@]1(OC(=O)c1ccccc1)C(=O)CO.